The number of para-hydroxylation sites is 1. The largest absolute Gasteiger partial charge is 0.376 e. The number of hydrogen-bond acceptors (Lipinski definition) is 8. The fourth-order valence-corrected chi connectivity index (χ4v) is 5.89. The molecule has 1 saturated carbocycles. The van der Waals surface area contributed by atoms with Gasteiger partial charge in [0.05, 0.1) is 23.2 Å². The molecule has 5 rings (SSSR count). The fraction of sp³-hybridized carbons (Fsp3) is 0.478. The van der Waals surface area contributed by atoms with Crippen molar-refractivity contribution in [2.75, 3.05) is 29.5 Å². The lowest BCUT2D eigenvalue weighted by atomic mass is 10.0. The lowest BCUT2D eigenvalue weighted by molar-refractivity contribution is -0.113. The van der Waals surface area contributed by atoms with Crippen LogP contribution in [0.3, 0.4) is 0 Å². The lowest BCUT2D eigenvalue weighted by Crippen LogP contribution is -2.18. The van der Waals surface area contributed by atoms with Crippen LogP contribution >= 0.6 is 23.1 Å². The Bertz CT molecular complexity index is 1060. The zero-order valence-corrected chi connectivity index (χ0v) is 20.0. The minimum Gasteiger partial charge on any atom is -0.376 e. The number of benzene rings is 1. The van der Waals surface area contributed by atoms with Crippen LogP contribution in [0.25, 0.3) is 5.69 Å². The monoisotopic (exact) mass is 484 g/mol. The molecule has 0 bridgehead atoms. The molecule has 1 amide bonds. The van der Waals surface area contributed by atoms with E-state index in [-0.39, 0.29) is 17.8 Å². The van der Waals surface area contributed by atoms with Crippen molar-refractivity contribution in [2.24, 2.45) is 0 Å². The first-order valence-corrected chi connectivity index (χ1v) is 13.3. The average Bonchev–Trinajstić information content (AvgIpc) is 3.64. The number of thioether (sulfide) groups is 1. The third kappa shape index (κ3) is 5.74. The van der Waals surface area contributed by atoms with E-state index in [9.17, 15) is 4.79 Å². The lowest BCUT2D eigenvalue weighted by Gasteiger charge is -2.08. The van der Waals surface area contributed by atoms with Crippen LogP contribution in [0.4, 0.5) is 10.9 Å². The molecule has 2 aromatic heterocycles. The van der Waals surface area contributed by atoms with Crippen molar-refractivity contribution in [3.63, 3.8) is 0 Å². The van der Waals surface area contributed by atoms with Crippen LogP contribution in [-0.2, 0) is 9.53 Å². The van der Waals surface area contributed by atoms with E-state index in [4.69, 9.17) is 9.84 Å². The molecule has 1 saturated heterocycles. The number of rotatable bonds is 9. The molecule has 0 radical (unpaired) electrons. The van der Waals surface area contributed by atoms with Gasteiger partial charge in [-0.25, -0.2) is 4.68 Å². The second-order valence-corrected chi connectivity index (χ2v) is 10.6. The molecule has 1 aliphatic carbocycles. The second kappa shape index (κ2) is 10.7. The molecular weight excluding hydrogens is 456 g/mol. The standard InChI is InChI=1S/C23H28N6O2S2/c30-21(15-32-23-27-26-22(33-23)24-14-18-11-6-12-31-18)25-20-13-19(16-7-4-5-8-16)28-29(20)17-9-2-1-3-10-17/h1-3,9-10,13,16,18H,4-8,11-12,14-15H2,(H,24,26)(H,25,30). The van der Waals surface area contributed by atoms with Gasteiger partial charge in [-0.3, -0.25) is 4.79 Å². The van der Waals surface area contributed by atoms with Gasteiger partial charge in [-0.15, -0.1) is 10.2 Å². The van der Waals surface area contributed by atoms with E-state index in [1.54, 1.807) is 0 Å². The van der Waals surface area contributed by atoms with E-state index in [0.717, 1.165) is 59.7 Å². The summed E-state index contributed by atoms with van der Waals surface area (Å²) >= 11 is 2.85. The summed E-state index contributed by atoms with van der Waals surface area (Å²) in [6.45, 7) is 1.58. The van der Waals surface area contributed by atoms with Gasteiger partial charge in [0.15, 0.2) is 4.34 Å². The van der Waals surface area contributed by atoms with Crippen LogP contribution in [0.1, 0.15) is 50.1 Å². The molecule has 8 nitrogen and oxygen atoms in total. The highest BCUT2D eigenvalue weighted by Crippen LogP contribution is 2.35. The van der Waals surface area contributed by atoms with Gasteiger partial charge in [0.25, 0.3) is 0 Å². The number of amides is 1. The predicted molar refractivity (Wildman–Crippen MR) is 131 cm³/mol. The molecule has 1 atom stereocenters. The van der Waals surface area contributed by atoms with Gasteiger partial charge in [-0.2, -0.15) is 5.10 Å². The Morgan fingerprint density at radius 3 is 2.79 bits per heavy atom. The van der Waals surface area contributed by atoms with Crippen LogP contribution in [0.2, 0.25) is 0 Å². The van der Waals surface area contributed by atoms with Gasteiger partial charge < -0.3 is 15.4 Å². The highest BCUT2D eigenvalue weighted by atomic mass is 32.2. The maximum Gasteiger partial charge on any atom is 0.235 e. The number of nitrogens with one attached hydrogen (secondary N) is 2. The number of carbonyl (C=O) groups is 1. The van der Waals surface area contributed by atoms with Gasteiger partial charge in [0.1, 0.15) is 5.82 Å². The maximum absolute atomic E-state index is 12.8. The Morgan fingerprint density at radius 2 is 2.00 bits per heavy atom. The summed E-state index contributed by atoms with van der Waals surface area (Å²) in [6, 6.07) is 12.0. The molecule has 2 aliphatic rings. The molecule has 0 spiro atoms. The minimum atomic E-state index is -0.0842. The van der Waals surface area contributed by atoms with E-state index in [1.165, 1.54) is 35.9 Å². The van der Waals surface area contributed by atoms with Gasteiger partial charge in [0, 0.05) is 25.1 Å². The molecule has 1 aromatic carbocycles. The van der Waals surface area contributed by atoms with Crippen molar-refractivity contribution < 1.29 is 9.53 Å². The SMILES string of the molecule is O=C(CSc1nnc(NCC2CCCO2)s1)Nc1cc(C2CCCC2)nn1-c1ccccc1. The predicted octanol–water partition coefficient (Wildman–Crippen LogP) is 4.70. The topological polar surface area (TPSA) is 94.0 Å². The number of carbonyl (C=O) groups excluding carboxylic acids is 1. The van der Waals surface area contributed by atoms with Crippen molar-refractivity contribution in [1.29, 1.82) is 0 Å². The van der Waals surface area contributed by atoms with Crippen molar-refractivity contribution in [3.05, 3.63) is 42.1 Å². The average molecular weight is 485 g/mol. The third-order valence-electron chi connectivity index (χ3n) is 6.01. The Balaban J connectivity index is 1.20. The van der Waals surface area contributed by atoms with Crippen molar-refractivity contribution in [2.45, 2.75) is 54.9 Å². The second-order valence-electron chi connectivity index (χ2n) is 8.41. The Hall–Kier alpha value is -2.43. The minimum absolute atomic E-state index is 0.0842. The first-order valence-electron chi connectivity index (χ1n) is 11.5. The van der Waals surface area contributed by atoms with E-state index >= 15 is 0 Å². The number of ether oxygens (including phenoxy) is 1. The summed E-state index contributed by atoms with van der Waals surface area (Å²) in [7, 11) is 0. The van der Waals surface area contributed by atoms with Gasteiger partial charge >= 0.3 is 0 Å². The highest BCUT2D eigenvalue weighted by molar-refractivity contribution is 8.01. The summed E-state index contributed by atoms with van der Waals surface area (Å²) < 4.78 is 8.23. The van der Waals surface area contributed by atoms with E-state index in [1.807, 2.05) is 41.1 Å². The van der Waals surface area contributed by atoms with Crippen molar-refractivity contribution >= 4 is 40.0 Å². The number of nitrogens with zero attached hydrogens (tertiary/aromatic N) is 4. The Morgan fingerprint density at radius 1 is 1.15 bits per heavy atom. The van der Waals surface area contributed by atoms with Crippen LogP contribution in [-0.4, -0.2) is 50.9 Å². The molecule has 2 N–H and O–H groups in total. The van der Waals surface area contributed by atoms with Crippen molar-refractivity contribution in [3.8, 4) is 5.69 Å². The molecule has 1 unspecified atom stereocenters. The molecule has 3 aromatic rings. The zero-order chi connectivity index (χ0) is 22.5. The molecule has 2 fully saturated rings. The number of anilines is 2. The summed E-state index contributed by atoms with van der Waals surface area (Å²) in [5.41, 5.74) is 2.00. The van der Waals surface area contributed by atoms with Crippen molar-refractivity contribution in [1.82, 2.24) is 20.0 Å². The van der Waals surface area contributed by atoms with Crippen LogP contribution in [0.5, 0.6) is 0 Å². The fourth-order valence-electron chi connectivity index (χ4n) is 4.33. The highest BCUT2D eigenvalue weighted by Gasteiger charge is 2.23. The number of hydrogen-bond donors (Lipinski definition) is 2. The molecule has 10 heteroatoms. The van der Waals surface area contributed by atoms with Crippen LogP contribution < -0.4 is 10.6 Å². The quantitative estimate of drug-likeness (QED) is 0.425. The molecule has 174 valence electrons. The van der Waals surface area contributed by atoms with E-state index in [2.05, 4.69) is 20.8 Å². The third-order valence-corrected chi connectivity index (χ3v) is 8.02. The Labute approximate surface area is 201 Å². The molecule has 1 aliphatic heterocycles. The summed E-state index contributed by atoms with van der Waals surface area (Å²) in [5, 5.41) is 20.3. The van der Waals surface area contributed by atoms with Gasteiger partial charge in [-0.05, 0) is 37.8 Å². The smallest absolute Gasteiger partial charge is 0.235 e. The maximum atomic E-state index is 12.8. The van der Waals surface area contributed by atoms with Crippen LogP contribution in [0, 0.1) is 0 Å². The zero-order valence-electron chi connectivity index (χ0n) is 18.4. The summed E-state index contributed by atoms with van der Waals surface area (Å²) in [6.07, 6.45) is 7.25. The summed E-state index contributed by atoms with van der Waals surface area (Å²) in [5.74, 6) is 1.37. The van der Waals surface area contributed by atoms with E-state index < -0.39 is 0 Å². The van der Waals surface area contributed by atoms with Gasteiger partial charge in [0.2, 0.25) is 11.0 Å². The first kappa shape index (κ1) is 22.4. The molecule has 3 heterocycles. The molecular formula is C23H28N6O2S2. The summed E-state index contributed by atoms with van der Waals surface area (Å²) in [4.78, 5) is 12.8. The molecule has 33 heavy (non-hydrogen) atoms. The Kier molecular flexibility index (Phi) is 7.23. The van der Waals surface area contributed by atoms with E-state index in [0.29, 0.717) is 11.7 Å². The van der Waals surface area contributed by atoms with Crippen LogP contribution in [0.15, 0.2) is 40.7 Å². The first-order chi connectivity index (χ1) is 16.2. The number of aromatic nitrogens is 4. The normalized spacial score (nSPS) is 18.6. The van der Waals surface area contributed by atoms with Gasteiger partial charge in [-0.1, -0.05) is 54.1 Å².